The van der Waals surface area contributed by atoms with Crippen LogP contribution in [0, 0.1) is 6.92 Å². The number of methoxy groups -OCH3 is 1. The molecule has 3 N–H and O–H groups in total. The number of aromatic nitrogens is 2. The van der Waals surface area contributed by atoms with E-state index < -0.39 is 10.1 Å². The minimum Gasteiger partial charge on any atom is -0.507 e. The summed E-state index contributed by atoms with van der Waals surface area (Å²) in [6.07, 6.45) is 0. The Kier molecular flexibility index (Phi) is 5.99. The van der Waals surface area contributed by atoms with Crippen LogP contribution >= 0.6 is 12.4 Å². The maximum absolute atomic E-state index is 11.5. The van der Waals surface area contributed by atoms with Gasteiger partial charge >= 0.3 is 0 Å². The van der Waals surface area contributed by atoms with Gasteiger partial charge in [0.2, 0.25) is 0 Å². The smallest absolute Gasteiger partial charge is 0.294 e. The highest BCUT2D eigenvalue weighted by atomic mass is 35.5. The number of hydrogen-bond acceptors (Lipinski definition) is 5. The molecule has 0 aliphatic rings. The number of phenolic OH excluding ortho intramolecular Hbond substituents is 1. The highest BCUT2D eigenvalue weighted by Crippen LogP contribution is 2.38. The number of aryl methyl sites for hydroxylation is 1. The van der Waals surface area contributed by atoms with Crippen LogP contribution in [0.5, 0.6) is 11.5 Å². The van der Waals surface area contributed by atoms with E-state index in [2.05, 4.69) is 29.0 Å². The topological polar surface area (TPSA) is 113 Å². The molecule has 7 nitrogen and oxygen atoms in total. The Balaban J connectivity index is 0.00000274. The molecular formula is C25H21ClN2O5S. The largest absolute Gasteiger partial charge is 0.507 e. The molecule has 0 bridgehead atoms. The molecule has 0 radical (unpaired) electrons. The zero-order valence-electron chi connectivity index (χ0n) is 18.2. The minimum atomic E-state index is -4.45. The van der Waals surface area contributed by atoms with Crippen LogP contribution in [0.1, 0.15) is 5.56 Å². The standard InChI is InChI=1S/C25H20N2O5S.ClH/c1-14-5-3-4-6-18(14)15-7-9-19(22(12-15)32-2)25-26-20-10-8-16-11-17(33(29,30)31)13-21(28)23(16)24(20)27-25;/h3-13,28H,1-2H3,(H,26,27)(H,29,30,31);1H. The number of ether oxygens (including phenoxy) is 1. The fourth-order valence-electron chi connectivity index (χ4n) is 4.11. The second-order valence-corrected chi connectivity index (χ2v) is 9.21. The molecule has 174 valence electrons. The second-order valence-electron chi connectivity index (χ2n) is 7.79. The van der Waals surface area contributed by atoms with Gasteiger partial charge in [-0.25, -0.2) is 4.98 Å². The van der Waals surface area contributed by atoms with Crippen molar-refractivity contribution in [3.63, 3.8) is 0 Å². The second kappa shape index (κ2) is 8.64. The average Bonchev–Trinajstić information content (AvgIpc) is 3.22. The van der Waals surface area contributed by atoms with Crippen LogP contribution in [0.25, 0.3) is 44.3 Å². The van der Waals surface area contributed by atoms with E-state index in [1.807, 2.05) is 30.3 Å². The Hall–Kier alpha value is -3.59. The number of rotatable bonds is 4. The number of nitrogens with zero attached hydrogens (tertiary/aromatic N) is 1. The van der Waals surface area contributed by atoms with Gasteiger partial charge in [0, 0.05) is 6.07 Å². The Morgan fingerprint density at radius 3 is 2.44 bits per heavy atom. The van der Waals surface area contributed by atoms with Crippen molar-refractivity contribution in [1.82, 2.24) is 9.97 Å². The van der Waals surface area contributed by atoms with Gasteiger partial charge < -0.3 is 14.8 Å². The van der Waals surface area contributed by atoms with E-state index >= 15 is 0 Å². The van der Waals surface area contributed by atoms with Crippen molar-refractivity contribution in [3.8, 4) is 34.0 Å². The fraction of sp³-hybridized carbons (Fsp3) is 0.0800. The summed E-state index contributed by atoms with van der Waals surface area (Å²) in [5.41, 5.74) is 5.17. The first kappa shape index (κ1) is 23.6. The van der Waals surface area contributed by atoms with Crippen LogP contribution < -0.4 is 4.74 Å². The summed E-state index contributed by atoms with van der Waals surface area (Å²) >= 11 is 0. The highest BCUT2D eigenvalue weighted by molar-refractivity contribution is 7.85. The predicted octanol–water partition coefficient (Wildman–Crippen LogP) is 5.74. The first-order valence-corrected chi connectivity index (χ1v) is 11.6. The predicted molar refractivity (Wildman–Crippen MR) is 134 cm³/mol. The summed E-state index contributed by atoms with van der Waals surface area (Å²) in [5, 5.41) is 11.4. The van der Waals surface area contributed by atoms with E-state index in [-0.39, 0.29) is 23.1 Å². The third-order valence-electron chi connectivity index (χ3n) is 5.73. The molecule has 0 fully saturated rings. The van der Waals surface area contributed by atoms with E-state index in [0.29, 0.717) is 33.4 Å². The van der Waals surface area contributed by atoms with E-state index in [1.54, 1.807) is 19.2 Å². The lowest BCUT2D eigenvalue weighted by molar-refractivity contribution is 0.416. The van der Waals surface area contributed by atoms with Crippen molar-refractivity contribution in [1.29, 1.82) is 0 Å². The van der Waals surface area contributed by atoms with E-state index in [0.717, 1.165) is 28.3 Å². The molecule has 0 atom stereocenters. The minimum absolute atomic E-state index is 0. The molecule has 1 heterocycles. The lowest BCUT2D eigenvalue weighted by Crippen LogP contribution is -1.97. The number of H-pyrrole nitrogens is 1. The number of hydrogen-bond donors (Lipinski definition) is 3. The normalized spacial score (nSPS) is 11.5. The third-order valence-corrected chi connectivity index (χ3v) is 6.56. The van der Waals surface area contributed by atoms with Crippen LogP contribution in [0.4, 0.5) is 0 Å². The lowest BCUT2D eigenvalue weighted by atomic mass is 9.99. The summed E-state index contributed by atoms with van der Waals surface area (Å²) in [6, 6.07) is 19.7. The maximum atomic E-state index is 11.5. The molecule has 5 rings (SSSR count). The van der Waals surface area contributed by atoms with Gasteiger partial charge in [-0.3, -0.25) is 4.55 Å². The molecule has 0 saturated carbocycles. The number of halogens is 1. The maximum Gasteiger partial charge on any atom is 0.294 e. The van der Waals surface area contributed by atoms with Crippen LogP contribution in [0.15, 0.2) is 71.6 Å². The molecule has 4 aromatic carbocycles. The van der Waals surface area contributed by atoms with E-state index in [1.165, 1.54) is 6.07 Å². The van der Waals surface area contributed by atoms with Crippen LogP contribution in [-0.4, -0.2) is 35.2 Å². The fourth-order valence-corrected chi connectivity index (χ4v) is 4.65. The number of benzene rings is 4. The summed E-state index contributed by atoms with van der Waals surface area (Å²) in [5.74, 6) is 0.895. The van der Waals surface area contributed by atoms with Crippen molar-refractivity contribution in [2.75, 3.05) is 7.11 Å². The molecule has 1 aromatic heterocycles. The molecular weight excluding hydrogens is 476 g/mol. The zero-order chi connectivity index (χ0) is 23.3. The summed E-state index contributed by atoms with van der Waals surface area (Å²) < 4.78 is 38.0. The lowest BCUT2D eigenvalue weighted by Gasteiger charge is -2.11. The number of aromatic amines is 1. The van der Waals surface area contributed by atoms with Gasteiger partial charge in [0.25, 0.3) is 10.1 Å². The first-order valence-electron chi connectivity index (χ1n) is 10.1. The van der Waals surface area contributed by atoms with Crippen molar-refractivity contribution >= 4 is 44.3 Å². The molecule has 0 aliphatic carbocycles. The average molecular weight is 497 g/mol. The van der Waals surface area contributed by atoms with Gasteiger partial charge in [0.1, 0.15) is 22.8 Å². The molecule has 34 heavy (non-hydrogen) atoms. The number of imidazole rings is 1. The zero-order valence-corrected chi connectivity index (χ0v) is 19.9. The summed E-state index contributed by atoms with van der Waals surface area (Å²) in [4.78, 5) is 7.56. The molecule has 5 aromatic rings. The molecule has 9 heteroatoms. The van der Waals surface area contributed by atoms with Crippen molar-refractivity contribution in [2.24, 2.45) is 0 Å². The monoisotopic (exact) mass is 496 g/mol. The highest BCUT2D eigenvalue weighted by Gasteiger charge is 2.18. The van der Waals surface area contributed by atoms with E-state index in [4.69, 9.17) is 4.74 Å². The Bertz CT molecular complexity index is 1660. The molecule has 0 spiro atoms. The van der Waals surface area contributed by atoms with Crippen LogP contribution in [-0.2, 0) is 10.1 Å². The number of phenols is 1. The molecule has 0 unspecified atom stereocenters. The van der Waals surface area contributed by atoms with Crippen molar-refractivity contribution in [3.05, 3.63) is 72.3 Å². The van der Waals surface area contributed by atoms with Crippen LogP contribution in [0.3, 0.4) is 0 Å². The number of nitrogens with one attached hydrogen (secondary N) is 1. The Morgan fingerprint density at radius 1 is 0.971 bits per heavy atom. The third kappa shape index (κ3) is 3.96. The van der Waals surface area contributed by atoms with Crippen molar-refractivity contribution < 1.29 is 22.8 Å². The summed E-state index contributed by atoms with van der Waals surface area (Å²) in [6.45, 7) is 2.06. The Labute approximate surface area is 202 Å². The molecule has 0 aliphatic heterocycles. The Morgan fingerprint density at radius 2 is 1.74 bits per heavy atom. The quantitative estimate of drug-likeness (QED) is 0.273. The van der Waals surface area contributed by atoms with Gasteiger partial charge in [-0.2, -0.15) is 8.42 Å². The van der Waals surface area contributed by atoms with Gasteiger partial charge in [-0.05, 0) is 53.3 Å². The number of fused-ring (bicyclic) bond motifs is 3. The van der Waals surface area contributed by atoms with Gasteiger partial charge in [0.05, 0.1) is 28.5 Å². The van der Waals surface area contributed by atoms with Gasteiger partial charge in [-0.15, -0.1) is 12.4 Å². The van der Waals surface area contributed by atoms with Gasteiger partial charge in [0.15, 0.2) is 0 Å². The van der Waals surface area contributed by atoms with Gasteiger partial charge in [-0.1, -0.05) is 36.4 Å². The van der Waals surface area contributed by atoms with Crippen molar-refractivity contribution in [2.45, 2.75) is 11.8 Å². The SMILES string of the molecule is COc1cc(-c2ccccc2C)ccc1-c1nc2c(ccc3cc(S(=O)(=O)O)cc(O)c32)[nH]1.Cl. The van der Waals surface area contributed by atoms with E-state index in [9.17, 15) is 18.1 Å². The molecule has 0 amide bonds. The first-order chi connectivity index (χ1) is 15.8. The number of aromatic hydroxyl groups is 1. The summed E-state index contributed by atoms with van der Waals surface area (Å²) in [7, 11) is -2.85. The molecule has 0 saturated heterocycles. The van der Waals surface area contributed by atoms with Crippen LogP contribution in [0.2, 0.25) is 0 Å².